The van der Waals surface area contributed by atoms with Crippen molar-refractivity contribution < 1.29 is 14.3 Å². The van der Waals surface area contributed by atoms with E-state index in [2.05, 4.69) is 15.5 Å². The van der Waals surface area contributed by atoms with Gasteiger partial charge in [0.15, 0.2) is 0 Å². The molecule has 138 valence electrons. The van der Waals surface area contributed by atoms with E-state index in [4.69, 9.17) is 9.47 Å². The van der Waals surface area contributed by atoms with Crippen LogP contribution in [0.2, 0.25) is 0 Å². The molecule has 0 unspecified atom stereocenters. The molecule has 0 atom stereocenters. The van der Waals surface area contributed by atoms with Gasteiger partial charge in [-0.05, 0) is 63.3 Å². The molecule has 2 aromatic carbocycles. The number of nitrogens with zero attached hydrogens (tertiary/aromatic N) is 1. The number of benzene rings is 2. The lowest BCUT2D eigenvalue weighted by Crippen LogP contribution is -2.28. The number of ether oxygens (including phenoxy) is 2. The van der Waals surface area contributed by atoms with E-state index in [1.807, 2.05) is 51.1 Å². The summed E-state index contributed by atoms with van der Waals surface area (Å²) in [6.45, 7) is 5.92. The second-order valence-corrected chi connectivity index (χ2v) is 7.13. The fourth-order valence-electron chi connectivity index (χ4n) is 3.25. The lowest BCUT2D eigenvalue weighted by atomic mass is 9.99. The third-order valence-electron chi connectivity index (χ3n) is 4.63. The van der Waals surface area contributed by atoms with Crippen molar-refractivity contribution in [2.24, 2.45) is 0 Å². The van der Waals surface area contributed by atoms with Gasteiger partial charge < -0.3 is 14.8 Å². The van der Waals surface area contributed by atoms with Crippen molar-refractivity contribution in [1.82, 2.24) is 10.2 Å². The Kier molecular flexibility index (Phi) is 3.91. The first-order valence-electron chi connectivity index (χ1n) is 8.73. The van der Waals surface area contributed by atoms with Gasteiger partial charge in [0.05, 0.1) is 23.8 Å². The Hall–Kier alpha value is -3.28. The average Bonchev–Trinajstić information content (AvgIpc) is 3.00. The number of methoxy groups -OCH3 is 1. The van der Waals surface area contributed by atoms with E-state index in [1.165, 1.54) is 0 Å². The van der Waals surface area contributed by atoms with Crippen LogP contribution < -0.4 is 14.8 Å². The van der Waals surface area contributed by atoms with E-state index >= 15 is 0 Å². The molecular weight excluding hydrogens is 342 g/mol. The molecule has 0 fully saturated rings. The second kappa shape index (κ2) is 6.16. The molecule has 27 heavy (non-hydrogen) atoms. The number of carbonyl (C=O) groups excluding carboxylic acids is 1. The lowest BCUT2D eigenvalue weighted by Gasteiger charge is -2.29. The Morgan fingerprint density at radius 3 is 2.85 bits per heavy atom. The van der Waals surface area contributed by atoms with Gasteiger partial charge in [-0.3, -0.25) is 9.89 Å². The SMILES string of the molecule is COc1c(C(=O)Nc2ccc3c(C)[nH]nc3c2)ccc2c1C=CC(C)(C)O2. The van der Waals surface area contributed by atoms with Crippen LogP contribution >= 0.6 is 0 Å². The number of anilines is 1. The summed E-state index contributed by atoms with van der Waals surface area (Å²) in [5, 5.41) is 11.1. The molecule has 4 rings (SSSR count). The number of rotatable bonds is 3. The van der Waals surface area contributed by atoms with Gasteiger partial charge in [-0.25, -0.2) is 0 Å². The largest absolute Gasteiger partial charge is 0.495 e. The van der Waals surface area contributed by atoms with Crippen LogP contribution in [0.25, 0.3) is 17.0 Å². The summed E-state index contributed by atoms with van der Waals surface area (Å²) < 4.78 is 11.5. The van der Waals surface area contributed by atoms with Gasteiger partial charge >= 0.3 is 0 Å². The van der Waals surface area contributed by atoms with E-state index in [0.717, 1.165) is 22.2 Å². The molecule has 0 radical (unpaired) electrons. The molecule has 1 aromatic heterocycles. The maximum Gasteiger partial charge on any atom is 0.259 e. The molecule has 0 bridgehead atoms. The molecule has 2 N–H and O–H groups in total. The van der Waals surface area contributed by atoms with E-state index in [-0.39, 0.29) is 11.5 Å². The molecule has 1 aliphatic rings. The van der Waals surface area contributed by atoms with Crippen LogP contribution in [0.4, 0.5) is 5.69 Å². The summed E-state index contributed by atoms with van der Waals surface area (Å²) in [5.74, 6) is 0.942. The van der Waals surface area contributed by atoms with Gasteiger partial charge in [-0.15, -0.1) is 0 Å². The quantitative estimate of drug-likeness (QED) is 0.727. The molecule has 1 aliphatic heterocycles. The Bertz CT molecular complexity index is 1080. The number of nitrogens with one attached hydrogen (secondary N) is 2. The number of aryl methyl sites for hydroxylation is 1. The molecule has 2 heterocycles. The highest BCUT2D eigenvalue weighted by atomic mass is 16.5. The van der Waals surface area contributed by atoms with E-state index in [9.17, 15) is 4.79 Å². The fraction of sp³-hybridized carbons (Fsp3) is 0.238. The third-order valence-corrected chi connectivity index (χ3v) is 4.63. The number of aromatic nitrogens is 2. The predicted molar refractivity (Wildman–Crippen MR) is 106 cm³/mol. The standard InChI is InChI=1S/C21H21N3O3/c1-12-14-6-5-13(11-17(14)24-23-12)22-20(25)16-7-8-18-15(19(16)26-4)9-10-21(2,3)27-18/h5-11H,1-4H3,(H,22,25)(H,23,24). The lowest BCUT2D eigenvalue weighted by molar-refractivity contribution is 0.102. The number of hydrogen-bond acceptors (Lipinski definition) is 4. The van der Waals surface area contributed by atoms with Crippen LogP contribution in [0.1, 0.15) is 35.5 Å². The highest BCUT2D eigenvalue weighted by Gasteiger charge is 2.26. The minimum Gasteiger partial charge on any atom is -0.495 e. The summed E-state index contributed by atoms with van der Waals surface area (Å²) in [7, 11) is 1.55. The Morgan fingerprint density at radius 2 is 2.07 bits per heavy atom. The molecule has 0 spiro atoms. The maximum absolute atomic E-state index is 12.9. The minimum absolute atomic E-state index is 0.250. The summed E-state index contributed by atoms with van der Waals surface area (Å²) >= 11 is 0. The zero-order valence-corrected chi connectivity index (χ0v) is 15.7. The number of amides is 1. The van der Waals surface area contributed by atoms with Crippen molar-refractivity contribution in [3.63, 3.8) is 0 Å². The second-order valence-electron chi connectivity index (χ2n) is 7.13. The Balaban J connectivity index is 1.67. The number of fused-ring (bicyclic) bond motifs is 2. The van der Waals surface area contributed by atoms with Gasteiger partial charge in [-0.2, -0.15) is 5.10 Å². The van der Waals surface area contributed by atoms with Crippen LogP contribution in [-0.2, 0) is 0 Å². The first-order valence-corrected chi connectivity index (χ1v) is 8.73. The van der Waals surface area contributed by atoms with E-state index in [0.29, 0.717) is 22.7 Å². The summed E-state index contributed by atoms with van der Waals surface area (Å²) in [6.07, 6.45) is 3.89. The number of hydrogen-bond donors (Lipinski definition) is 2. The number of aromatic amines is 1. The summed E-state index contributed by atoms with van der Waals surface area (Å²) in [4.78, 5) is 12.9. The third kappa shape index (κ3) is 3.03. The first kappa shape index (κ1) is 17.1. The molecule has 0 aliphatic carbocycles. The molecule has 1 amide bonds. The number of carbonyl (C=O) groups is 1. The van der Waals surface area contributed by atoms with Crippen molar-refractivity contribution in [3.05, 3.63) is 53.2 Å². The van der Waals surface area contributed by atoms with Gasteiger partial charge in [0, 0.05) is 16.8 Å². The monoisotopic (exact) mass is 363 g/mol. The molecule has 6 heteroatoms. The molecule has 0 saturated carbocycles. The summed E-state index contributed by atoms with van der Waals surface area (Å²) in [6, 6.07) is 9.16. The average molecular weight is 363 g/mol. The van der Waals surface area contributed by atoms with Crippen LogP contribution in [0.5, 0.6) is 11.5 Å². The van der Waals surface area contributed by atoms with Crippen LogP contribution in [0.3, 0.4) is 0 Å². The topological polar surface area (TPSA) is 76.2 Å². The highest BCUT2D eigenvalue weighted by molar-refractivity contribution is 6.08. The highest BCUT2D eigenvalue weighted by Crippen LogP contribution is 2.39. The normalized spacial score (nSPS) is 14.5. The van der Waals surface area contributed by atoms with Crippen molar-refractivity contribution >= 4 is 28.6 Å². The zero-order valence-electron chi connectivity index (χ0n) is 15.7. The van der Waals surface area contributed by atoms with Gasteiger partial charge in [-0.1, -0.05) is 0 Å². The van der Waals surface area contributed by atoms with Crippen molar-refractivity contribution in [3.8, 4) is 11.5 Å². The Morgan fingerprint density at radius 1 is 1.26 bits per heavy atom. The predicted octanol–water partition coefficient (Wildman–Crippen LogP) is 4.32. The molecule has 3 aromatic rings. The van der Waals surface area contributed by atoms with Gasteiger partial charge in [0.1, 0.15) is 17.1 Å². The number of H-pyrrole nitrogens is 1. The van der Waals surface area contributed by atoms with Crippen LogP contribution in [-0.4, -0.2) is 28.8 Å². The molecule has 6 nitrogen and oxygen atoms in total. The van der Waals surface area contributed by atoms with Crippen molar-refractivity contribution in [2.75, 3.05) is 12.4 Å². The van der Waals surface area contributed by atoms with Crippen LogP contribution in [0, 0.1) is 6.92 Å². The molecular formula is C21H21N3O3. The summed E-state index contributed by atoms with van der Waals surface area (Å²) in [5.41, 5.74) is 3.30. The smallest absolute Gasteiger partial charge is 0.259 e. The van der Waals surface area contributed by atoms with Gasteiger partial charge in [0.25, 0.3) is 5.91 Å². The zero-order chi connectivity index (χ0) is 19.2. The van der Waals surface area contributed by atoms with Crippen molar-refractivity contribution in [2.45, 2.75) is 26.4 Å². The van der Waals surface area contributed by atoms with Crippen LogP contribution in [0.15, 0.2) is 36.4 Å². The van der Waals surface area contributed by atoms with Crippen molar-refractivity contribution in [1.29, 1.82) is 0 Å². The molecule has 0 saturated heterocycles. The van der Waals surface area contributed by atoms with E-state index in [1.54, 1.807) is 19.2 Å². The minimum atomic E-state index is -0.390. The maximum atomic E-state index is 12.9. The van der Waals surface area contributed by atoms with Gasteiger partial charge in [0.2, 0.25) is 0 Å². The first-order chi connectivity index (χ1) is 12.9. The fourth-order valence-corrected chi connectivity index (χ4v) is 3.25. The van der Waals surface area contributed by atoms with E-state index < -0.39 is 0 Å². The Labute approximate surface area is 157 Å².